The van der Waals surface area contributed by atoms with Crippen molar-refractivity contribution in [1.82, 2.24) is 10.2 Å². The molecule has 6 nitrogen and oxygen atoms in total. The molecule has 1 fully saturated rings. The van der Waals surface area contributed by atoms with Crippen LogP contribution in [0.1, 0.15) is 58.1 Å². The van der Waals surface area contributed by atoms with Crippen LogP contribution in [0, 0.1) is 5.92 Å². The van der Waals surface area contributed by atoms with Crippen molar-refractivity contribution in [2.75, 3.05) is 13.1 Å². The lowest BCUT2D eigenvalue weighted by Crippen LogP contribution is -2.44. The topological polar surface area (TPSA) is 78.8 Å². The molecule has 1 unspecified atom stereocenters. The van der Waals surface area contributed by atoms with Gasteiger partial charge in [0.1, 0.15) is 10.7 Å². The van der Waals surface area contributed by atoms with Gasteiger partial charge in [0.15, 0.2) is 0 Å². The van der Waals surface area contributed by atoms with Crippen molar-refractivity contribution in [3.8, 4) is 0 Å². The molecule has 0 aromatic heterocycles. The first-order valence-electron chi connectivity index (χ1n) is 10.5. The lowest BCUT2D eigenvalue weighted by Gasteiger charge is -2.33. The van der Waals surface area contributed by atoms with Gasteiger partial charge in [-0.3, -0.25) is 4.79 Å². The molecular weight excluding hydrogens is 386 g/mol. The van der Waals surface area contributed by atoms with Crippen molar-refractivity contribution in [3.63, 3.8) is 0 Å². The Morgan fingerprint density at radius 3 is 2.38 bits per heavy atom. The number of sulfonamides is 1. The van der Waals surface area contributed by atoms with E-state index < -0.39 is 10.0 Å². The van der Waals surface area contributed by atoms with Gasteiger partial charge in [-0.15, -0.1) is 4.40 Å². The fraction of sp³-hybridized carbons (Fsp3) is 0.545. The quantitative estimate of drug-likeness (QED) is 0.797. The summed E-state index contributed by atoms with van der Waals surface area (Å²) in [7, 11) is -3.71. The minimum Gasteiger partial charge on any atom is -0.356 e. The molecular formula is C22H31N3O3S. The van der Waals surface area contributed by atoms with Crippen LogP contribution in [0.5, 0.6) is 0 Å². The number of piperidine rings is 1. The number of amidine groups is 1. The molecule has 2 heterocycles. The molecule has 3 rings (SSSR count). The van der Waals surface area contributed by atoms with Gasteiger partial charge in [0.25, 0.3) is 10.0 Å². The molecule has 1 aromatic rings. The molecule has 2 aliphatic heterocycles. The maximum absolute atomic E-state index is 12.8. The first-order chi connectivity index (χ1) is 13.8. The van der Waals surface area contributed by atoms with E-state index in [1.165, 1.54) is 5.56 Å². The molecule has 2 aliphatic rings. The lowest BCUT2D eigenvalue weighted by atomic mass is 9.95. The van der Waals surface area contributed by atoms with E-state index in [9.17, 15) is 13.2 Å². The van der Waals surface area contributed by atoms with Gasteiger partial charge in [0, 0.05) is 30.6 Å². The van der Waals surface area contributed by atoms with Crippen molar-refractivity contribution >= 4 is 26.7 Å². The van der Waals surface area contributed by atoms with E-state index in [4.69, 9.17) is 0 Å². The molecule has 0 aliphatic carbocycles. The van der Waals surface area contributed by atoms with Crippen molar-refractivity contribution in [1.29, 1.82) is 0 Å². The lowest BCUT2D eigenvalue weighted by molar-refractivity contribution is -0.126. The van der Waals surface area contributed by atoms with Gasteiger partial charge in [0.05, 0.1) is 0 Å². The third-order valence-electron chi connectivity index (χ3n) is 5.93. The molecule has 1 amide bonds. The molecule has 158 valence electrons. The Labute approximate surface area is 174 Å². The predicted molar refractivity (Wildman–Crippen MR) is 117 cm³/mol. The second kappa shape index (κ2) is 8.69. The fourth-order valence-electron chi connectivity index (χ4n) is 3.89. The monoisotopic (exact) mass is 417 g/mol. The molecule has 7 heteroatoms. The predicted octanol–water partition coefficient (Wildman–Crippen LogP) is 3.35. The number of nitrogens with zero attached hydrogens (tertiary/aromatic N) is 2. The average molecular weight is 418 g/mol. The molecule has 0 bridgehead atoms. The molecule has 1 N–H and O–H groups in total. The SMILES string of the molecule is CCc1ccc(C2=C(C)C(N3CCC(C(=O)NC(C)CC)CC3)=NS2(=O)=O)cc1. The highest BCUT2D eigenvalue weighted by Gasteiger charge is 2.35. The number of aryl methyl sites for hydroxylation is 1. The Hall–Kier alpha value is -2.15. The third-order valence-corrected chi connectivity index (χ3v) is 7.40. The molecule has 0 radical (unpaired) electrons. The molecule has 0 spiro atoms. The molecule has 1 saturated heterocycles. The number of carbonyl (C=O) groups excluding carboxylic acids is 1. The summed E-state index contributed by atoms with van der Waals surface area (Å²) in [5.41, 5.74) is 2.54. The molecule has 1 atom stereocenters. The van der Waals surface area contributed by atoms with Gasteiger partial charge < -0.3 is 10.2 Å². The van der Waals surface area contributed by atoms with E-state index in [1.54, 1.807) is 0 Å². The minimum atomic E-state index is -3.71. The molecule has 0 saturated carbocycles. The summed E-state index contributed by atoms with van der Waals surface area (Å²) in [6.07, 6.45) is 3.22. The number of benzene rings is 1. The summed E-state index contributed by atoms with van der Waals surface area (Å²) in [6, 6.07) is 7.82. The minimum absolute atomic E-state index is 0.0239. The van der Waals surface area contributed by atoms with E-state index >= 15 is 0 Å². The summed E-state index contributed by atoms with van der Waals surface area (Å²) < 4.78 is 29.6. The zero-order valence-corrected chi connectivity index (χ0v) is 18.6. The van der Waals surface area contributed by atoms with Crippen molar-refractivity contribution < 1.29 is 13.2 Å². The highest BCUT2D eigenvalue weighted by molar-refractivity contribution is 8.00. The first kappa shape index (κ1) is 21.6. The van der Waals surface area contributed by atoms with Crippen LogP contribution in [0.4, 0.5) is 0 Å². The Bertz CT molecular complexity index is 925. The van der Waals surface area contributed by atoms with Crippen LogP contribution in [0.15, 0.2) is 34.2 Å². The standard InChI is InChI=1S/C22H31N3O3S/c1-5-15(3)23-22(26)19-11-13-25(14-12-19)21-16(4)20(29(27,28)24-21)18-9-7-17(6-2)8-10-18/h7-10,15,19H,5-6,11-14H2,1-4H3,(H,23,26). The van der Waals surface area contributed by atoms with Crippen LogP contribution in [-0.2, 0) is 21.2 Å². The fourth-order valence-corrected chi connectivity index (χ4v) is 5.37. The molecule has 1 aromatic carbocycles. The van der Waals surface area contributed by atoms with Crippen LogP contribution < -0.4 is 5.32 Å². The van der Waals surface area contributed by atoms with Gasteiger partial charge >= 0.3 is 0 Å². The normalized spacial score (nSPS) is 20.6. The zero-order valence-electron chi connectivity index (χ0n) is 17.7. The Balaban J connectivity index is 1.75. The number of hydrogen-bond donors (Lipinski definition) is 1. The van der Waals surface area contributed by atoms with Gasteiger partial charge in [0.2, 0.25) is 5.91 Å². The Kier molecular flexibility index (Phi) is 6.46. The second-order valence-corrected chi connectivity index (χ2v) is 9.51. The molecule has 29 heavy (non-hydrogen) atoms. The highest BCUT2D eigenvalue weighted by Crippen LogP contribution is 2.34. The number of likely N-dealkylation sites (tertiary alicyclic amines) is 1. The number of amides is 1. The maximum atomic E-state index is 12.8. The highest BCUT2D eigenvalue weighted by atomic mass is 32.2. The van der Waals surface area contributed by atoms with Crippen LogP contribution in [0.2, 0.25) is 0 Å². The van der Waals surface area contributed by atoms with Crippen LogP contribution >= 0.6 is 0 Å². The van der Waals surface area contributed by atoms with Crippen molar-refractivity contribution in [2.24, 2.45) is 10.3 Å². The second-order valence-electron chi connectivity index (χ2n) is 7.97. The summed E-state index contributed by atoms with van der Waals surface area (Å²) in [5.74, 6) is 0.605. The smallest absolute Gasteiger partial charge is 0.285 e. The number of carbonyl (C=O) groups is 1. The van der Waals surface area contributed by atoms with E-state index in [2.05, 4.69) is 23.6 Å². The Morgan fingerprint density at radius 1 is 1.21 bits per heavy atom. The van der Waals surface area contributed by atoms with Crippen LogP contribution in [0.3, 0.4) is 0 Å². The third kappa shape index (κ3) is 4.55. The van der Waals surface area contributed by atoms with Gasteiger partial charge in [-0.25, -0.2) is 0 Å². The summed E-state index contributed by atoms with van der Waals surface area (Å²) in [6.45, 7) is 9.22. The van der Waals surface area contributed by atoms with Crippen LogP contribution in [-0.4, -0.2) is 44.2 Å². The summed E-state index contributed by atoms with van der Waals surface area (Å²) >= 11 is 0. The van der Waals surface area contributed by atoms with Crippen molar-refractivity contribution in [3.05, 3.63) is 41.0 Å². The van der Waals surface area contributed by atoms with Gasteiger partial charge in [-0.1, -0.05) is 38.1 Å². The largest absolute Gasteiger partial charge is 0.356 e. The average Bonchev–Trinajstić information content (AvgIpc) is 2.96. The first-order valence-corrected chi connectivity index (χ1v) is 11.9. The van der Waals surface area contributed by atoms with E-state index in [-0.39, 0.29) is 17.9 Å². The van der Waals surface area contributed by atoms with E-state index in [0.29, 0.717) is 47.8 Å². The number of hydrogen-bond acceptors (Lipinski definition) is 4. The zero-order chi connectivity index (χ0) is 21.2. The van der Waals surface area contributed by atoms with Gasteiger partial charge in [-0.05, 0) is 50.7 Å². The number of nitrogens with one attached hydrogen (secondary N) is 1. The van der Waals surface area contributed by atoms with Crippen molar-refractivity contribution in [2.45, 2.75) is 59.4 Å². The van der Waals surface area contributed by atoms with E-state index in [0.717, 1.165) is 12.8 Å². The Morgan fingerprint density at radius 2 is 1.83 bits per heavy atom. The van der Waals surface area contributed by atoms with E-state index in [1.807, 2.05) is 43.0 Å². The summed E-state index contributed by atoms with van der Waals surface area (Å²) in [5, 5.41) is 3.05. The summed E-state index contributed by atoms with van der Waals surface area (Å²) in [4.78, 5) is 14.7. The number of rotatable bonds is 5. The maximum Gasteiger partial charge on any atom is 0.285 e. The van der Waals surface area contributed by atoms with Gasteiger partial charge in [-0.2, -0.15) is 8.42 Å². The van der Waals surface area contributed by atoms with Crippen LogP contribution in [0.25, 0.3) is 4.91 Å².